The number of nitrogens with two attached hydrogens (primary N) is 1. The summed E-state index contributed by atoms with van der Waals surface area (Å²) in [6.45, 7) is 3.96. The molecular formula is C14H20N6O. The molecular weight excluding hydrogens is 268 g/mol. The van der Waals surface area contributed by atoms with Crippen LogP contribution in [0.15, 0.2) is 6.07 Å². The van der Waals surface area contributed by atoms with Gasteiger partial charge in [-0.3, -0.25) is 0 Å². The van der Waals surface area contributed by atoms with Crippen LogP contribution in [0.2, 0.25) is 0 Å². The Bertz CT molecular complexity index is 674. The predicted octanol–water partition coefficient (Wildman–Crippen LogP) is 1.04. The molecule has 0 spiro atoms. The molecule has 7 nitrogen and oxygen atoms in total. The molecule has 3 N–H and O–H groups in total. The number of likely N-dealkylation sites (N-methyl/N-ethyl adjacent to an activating group) is 1. The standard InChI is InChI=1S/C14H20N6O/c1-8-6-10(21-3)11-12(15)18-14(19-13(11)16-8)17-9-4-5-20(2)7-9/h6,9H,4-5,7H2,1-3H3,(H3,15,16,17,18,19)/t9-/m1/s1. The summed E-state index contributed by atoms with van der Waals surface area (Å²) < 4.78 is 5.35. The average Bonchev–Trinajstić information content (AvgIpc) is 2.82. The highest BCUT2D eigenvalue weighted by Crippen LogP contribution is 2.29. The van der Waals surface area contributed by atoms with Crippen LogP contribution in [0.4, 0.5) is 11.8 Å². The van der Waals surface area contributed by atoms with Gasteiger partial charge in [0.05, 0.1) is 7.11 Å². The van der Waals surface area contributed by atoms with Crippen molar-refractivity contribution in [1.82, 2.24) is 19.9 Å². The third-order valence-corrected chi connectivity index (χ3v) is 3.73. The Kier molecular flexibility index (Phi) is 3.50. The van der Waals surface area contributed by atoms with Crippen LogP contribution in [-0.2, 0) is 0 Å². The first-order valence-electron chi connectivity index (χ1n) is 7.00. The molecule has 0 amide bonds. The monoisotopic (exact) mass is 288 g/mol. The highest BCUT2D eigenvalue weighted by Gasteiger charge is 2.21. The third kappa shape index (κ3) is 2.69. The van der Waals surface area contributed by atoms with Gasteiger partial charge in [0.1, 0.15) is 17.0 Å². The van der Waals surface area contributed by atoms with Gasteiger partial charge in [0.25, 0.3) is 0 Å². The zero-order chi connectivity index (χ0) is 15.0. The van der Waals surface area contributed by atoms with E-state index in [0.29, 0.717) is 34.6 Å². The van der Waals surface area contributed by atoms with E-state index in [1.807, 2.05) is 13.0 Å². The smallest absolute Gasteiger partial charge is 0.226 e. The van der Waals surface area contributed by atoms with Gasteiger partial charge in [-0.05, 0) is 26.9 Å². The number of aromatic nitrogens is 3. The van der Waals surface area contributed by atoms with E-state index < -0.39 is 0 Å². The van der Waals surface area contributed by atoms with Gasteiger partial charge in [0.15, 0.2) is 5.65 Å². The molecule has 1 aliphatic heterocycles. The molecule has 21 heavy (non-hydrogen) atoms. The van der Waals surface area contributed by atoms with Crippen molar-refractivity contribution < 1.29 is 4.74 Å². The highest BCUT2D eigenvalue weighted by molar-refractivity contribution is 5.92. The van der Waals surface area contributed by atoms with Crippen molar-refractivity contribution in [1.29, 1.82) is 0 Å². The maximum absolute atomic E-state index is 6.06. The SMILES string of the molecule is COc1cc(C)nc2nc(N[C@@H]3CCN(C)C3)nc(N)c12. The van der Waals surface area contributed by atoms with Gasteiger partial charge in [-0.1, -0.05) is 0 Å². The number of nitrogens with one attached hydrogen (secondary N) is 1. The first kappa shape index (κ1) is 13.8. The van der Waals surface area contributed by atoms with Crippen molar-refractivity contribution in [3.8, 4) is 5.75 Å². The molecule has 2 aromatic rings. The zero-order valence-electron chi connectivity index (χ0n) is 12.6. The van der Waals surface area contributed by atoms with E-state index in [1.54, 1.807) is 7.11 Å². The molecule has 3 heterocycles. The summed E-state index contributed by atoms with van der Waals surface area (Å²) in [7, 11) is 3.71. The van der Waals surface area contributed by atoms with Gasteiger partial charge in [-0.2, -0.15) is 9.97 Å². The second kappa shape index (κ2) is 5.33. The Morgan fingerprint density at radius 3 is 2.86 bits per heavy atom. The van der Waals surface area contributed by atoms with E-state index in [0.717, 1.165) is 25.2 Å². The van der Waals surface area contributed by atoms with Crippen LogP contribution in [0, 0.1) is 6.92 Å². The van der Waals surface area contributed by atoms with Crippen molar-refractivity contribution in [2.24, 2.45) is 0 Å². The molecule has 1 saturated heterocycles. The number of hydrogen-bond acceptors (Lipinski definition) is 7. The van der Waals surface area contributed by atoms with Gasteiger partial charge < -0.3 is 20.7 Å². The fourth-order valence-corrected chi connectivity index (χ4v) is 2.71. The summed E-state index contributed by atoms with van der Waals surface area (Å²) in [4.78, 5) is 15.5. The Balaban J connectivity index is 1.98. The summed E-state index contributed by atoms with van der Waals surface area (Å²) in [6.07, 6.45) is 1.07. The molecule has 3 rings (SSSR count). The number of aryl methyl sites for hydroxylation is 1. The Hall–Kier alpha value is -2.15. The lowest BCUT2D eigenvalue weighted by Gasteiger charge is -2.14. The molecule has 2 aromatic heterocycles. The fourth-order valence-electron chi connectivity index (χ4n) is 2.71. The van der Waals surface area contributed by atoms with Crippen molar-refractivity contribution >= 4 is 22.8 Å². The molecule has 0 aliphatic carbocycles. The molecule has 0 saturated carbocycles. The first-order chi connectivity index (χ1) is 10.1. The lowest BCUT2D eigenvalue weighted by Crippen LogP contribution is -2.24. The summed E-state index contributed by atoms with van der Waals surface area (Å²) in [5.41, 5.74) is 7.46. The number of ether oxygens (including phenoxy) is 1. The number of hydrogen-bond donors (Lipinski definition) is 2. The lowest BCUT2D eigenvalue weighted by molar-refractivity contribution is 0.414. The number of rotatable bonds is 3. The first-order valence-corrected chi connectivity index (χ1v) is 7.00. The Labute approximate surface area is 123 Å². The minimum absolute atomic E-state index is 0.346. The molecule has 0 aromatic carbocycles. The number of likely N-dealkylation sites (tertiary alicyclic amines) is 1. The van der Waals surface area contributed by atoms with Crippen LogP contribution in [0.1, 0.15) is 12.1 Å². The van der Waals surface area contributed by atoms with Crippen molar-refractivity contribution in [2.75, 3.05) is 38.3 Å². The number of methoxy groups -OCH3 is 1. The van der Waals surface area contributed by atoms with E-state index in [2.05, 4.69) is 32.2 Å². The quantitative estimate of drug-likeness (QED) is 0.872. The van der Waals surface area contributed by atoms with Crippen LogP contribution in [0.25, 0.3) is 11.0 Å². The number of nitrogen functional groups attached to an aromatic ring is 1. The summed E-state index contributed by atoms with van der Waals surface area (Å²) >= 11 is 0. The number of nitrogens with zero attached hydrogens (tertiary/aromatic N) is 4. The lowest BCUT2D eigenvalue weighted by atomic mass is 10.2. The Morgan fingerprint density at radius 1 is 1.38 bits per heavy atom. The number of fused-ring (bicyclic) bond motifs is 1. The minimum atomic E-state index is 0.346. The number of pyridine rings is 1. The van der Waals surface area contributed by atoms with Gasteiger partial charge in [0, 0.05) is 24.3 Å². The van der Waals surface area contributed by atoms with Gasteiger partial charge in [0.2, 0.25) is 5.95 Å². The topological polar surface area (TPSA) is 89.2 Å². The summed E-state index contributed by atoms with van der Waals surface area (Å²) in [5.74, 6) is 1.57. The molecule has 1 atom stereocenters. The fraction of sp³-hybridized carbons (Fsp3) is 0.500. The normalized spacial score (nSPS) is 19.1. The van der Waals surface area contributed by atoms with Crippen molar-refractivity contribution in [3.05, 3.63) is 11.8 Å². The second-order valence-electron chi connectivity index (χ2n) is 5.49. The maximum Gasteiger partial charge on any atom is 0.226 e. The molecule has 112 valence electrons. The van der Waals surface area contributed by atoms with Crippen LogP contribution in [0.3, 0.4) is 0 Å². The summed E-state index contributed by atoms with van der Waals surface area (Å²) in [5, 5.41) is 4.00. The third-order valence-electron chi connectivity index (χ3n) is 3.73. The highest BCUT2D eigenvalue weighted by atomic mass is 16.5. The van der Waals surface area contributed by atoms with E-state index >= 15 is 0 Å². The van der Waals surface area contributed by atoms with E-state index in [-0.39, 0.29) is 0 Å². The average molecular weight is 288 g/mol. The molecule has 7 heteroatoms. The van der Waals surface area contributed by atoms with Crippen molar-refractivity contribution in [2.45, 2.75) is 19.4 Å². The molecule has 0 bridgehead atoms. The van der Waals surface area contributed by atoms with Gasteiger partial charge in [-0.25, -0.2) is 4.98 Å². The van der Waals surface area contributed by atoms with E-state index in [9.17, 15) is 0 Å². The van der Waals surface area contributed by atoms with Crippen LogP contribution in [-0.4, -0.2) is 53.1 Å². The summed E-state index contributed by atoms with van der Waals surface area (Å²) in [6, 6.07) is 2.18. The predicted molar refractivity (Wildman–Crippen MR) is 82.6 cm³/mol. The van der Waals surface area contributed by atoms with Gasteiger partial charge in [-0.15, -0.1) is 0 Å². The van der Waals surface area contributed by atoms with E-state index in [1.165, 1.54) is 0 Å². The van der Waals surface area contributed by atoms with Crippen molar-refractivity contribution in [3.63, 3.8) is 0 Å². The second-order valence-corrected chi connectivity index (χ2v) is 5.49. The minimum Gasteiger partial charge on any atom is -0.496 e. The van der Waals surface area contributed by atoms with Crippen LogP contribution in [0.5, 0.6) is 5.75 Å². The molecule has 1 fully saturated rings. The molecule has 0 radical (unpaired) electrons. The van der Waals surface area contributed by atoms with E-state index in [4.69, 9.17) is 10.5 Å². The maximum atomic E-state index is 6.06. The van der Waals surface area contributed by atoms with Crippen LogP contribution < -0.4 is 15.8 Å². The largest absolute Gasteiger partial charge is 0.496 e. The van der Waals surface area contributed by atoms with Gasteiger partial charge >= 0.3 is 0 Å². The molecule has 1 aliphatic rings. The number of anilines is 2. The Morgan fingerprint density at radius 2 is 2.19 bits per heavy atom. The zero-order valence-corrected chi connectivity index (χ0v) is 12.6. The molecule has 0 unspecified atom stereocenters. The van der Waals surface area contributed by atoms with Crippen LogP contribution >= 0.6 is 0 Å².